The lowest BCUT2D eigenvalue weighted by Crippen LogP contribution is -2.16. The fourth-order valence-corrected chi connectivity index (χ4v) is 2.80. The Morgan fingerprint density at radius 2 is 1.74 bits per heavy atom. The van der Waals surface area contributed by atoms with Gasteiger partial charge < -0.3 is 5.32 Å². The number of rotatable bonds is 5. The first-order chi connectivity index (χ1) is 10.9. The highest BCUT2D eigenvalue weighted by Crippen LogP contribution is 2.34. The summed E-state index contributed by atoms with van der Waals surface area (Å²) in [7, 11) is 0. The van der Waals surface area contributed by atoms with E-state index in [1.165, 1.54) is 30.0 Å². The molecule has 0 aromatic heterocycles. The van der Waals surface area contributed by atoms with Crippen LogP contribution in [0, 0.1) is 6.92 Å². The molecule has 2 nitrogen and oxygen atoms in total. The predicted molar refractivity (Wildman–Crippen MR) is 86.6 cm³/mol. The van der Waals surface area contributed by atoms with Crippen molar-refractivity contribution >= 4 is 23.4 Å². The summed E-state index contributed by atoms with van der Waals surface area (Å²) >= 11 is 1.49. The molecular formula is C17H16F3NOS. The summed E-state index contributed by atoms with van der Waals surface area (Å²) < 4.78 is 38.5. The summed E-state index contributed by atoms with van der Waals surface area (Å²) in [6.07, 6.45) is -4.34. The minimum Gasteiger partial charge on any atom is -0.325 e. The number of aryl methyl sites for hydroxylation is 1. The molecule has 2 aromatic carbocycles. The van der Waals surface area contributed by atoms with E-state index >= 15 is 0 Å². The highest BCUT2D eigenvalue weighted by atomic mass is 32.2. The van der Waals surface area contributed by atoms with Crippen LogP contribution in [0.5, 0.6) is 0 Å². The van der Waals surface area contributed by atoms with Crippen LogP contribution in [-0.2, 0) is 11.0 Å². The smallest absolute Gasteiger partial charge is 0.325 e. The van der Waals surface area contributed by atoms with Gasteiger partial charge in [0.15, 0.2) is 0 Å². The predicted octanol–water partition coefficient (Wildman–Crippen LogP) is 5.13. The average Bonchev–Trinajstić information content (AvgIpc) is 2.49. The van der Waals surface area contributed by atoms with E-state index in [-0.39, 0.29) is 12.1 Å². The lowest BCUT2D eigenvalue weighted by atomic mass is 10.1. The van der Waals surface area contributed by atoms with Crippen molar-refractivity contribution in [1.82, 2.24) is 0 Å². The molecule has 122 valence electrons. The summed E-state index contributed by atoms with van der Waals surface area (Å²) in [6, 6.07) is 12.8. The lowest BCUT2D eigenvalue weighted by molar-refractivity contribution is -0.137. The molecule has 0 heterocycles. The third-order valence-electron chi connectivity index (χ3n) is 3.13. The Kier molecular flexibility index (Phi) is 5.71. The Morgan fingerprint density at radius 1 is 1.09 bits per heavy atom. The molecule has 0 fully saturated rings. The van der Waals surface area contributed by atoms with E-state index in [0.717, 1.165) is 16.5 Å². The molecule has 0 saturated heterocycles. The van der Waals surface area contributed by atoms with Gasteiger partial charge in [-0.05, 0) is 31.2 Å². The molecule has 0 aliphatic rings. The second-order valence-corrected chi connectivity index (χ2v) is 6.17. The van der Waals surface area contributed by atoms with Crippen molar-refractivity contribution in [3.8, 4) is 0 Å². The first-order valence-corrected chi connectivity index (χ1v) is 8.00. The van der Waals surface area contributed by atoms with Gasteiger partial charge in [0.2, 0.25) is 5.91 Å². The van der Waals surface area contributed by atoms with Gasteiger partial charge in [0.25, 0.3) is 0 Å². The van der Waals surface area contributed by atoms with Crippen molar-refractivity contribution in [2.45, 2.75) is 24.4 Å². The molecule has 0 atom stereocenters. The van der Waals surface area contributed by atoms with Crippen molar-refractivity contribution in [3.63, 3.8) is 0 Å². The van der Waals surface area contributed by atoms with Crippen LogP contribution in [0.4, 0.5) is 18.9 Å². The van der Waals surface area contributed by atoms with Gasteiger partial charge in [-0.2, -0.15) is 13.2 Å². The van der Waals surface area contributed by atoms with E-state index in [9.17, 15) is 18.0 Å². The number of benzene rings is 2. The molecule has 0 saturated carbocycles. The third-order valence-corrected chi connectivity index (χ3v) is 4.14. The molecule has 0 aliphatic heterocycles. The van der Waals surface area contributed by atoms with E-state index in [0.29, 0.717) is 5.75 Å². The second-order valence-electron chi connectivity index (χ2n) is 5.00. The molecule has 0 unspecified atom stereocenters. The molecule has 0 bridgehead atoms. The molecular weight excluding hydrogens is 323 g/mol. The zero-order chi connectivity index (χ0) is 16.9. The topological polar surface area (TPSA) is 29.1 Å². The molecule has 23 heavy (non-hydrogen) atoms. The summed E-state index contributed by atoms with van der Waals surface area (Å²) in [5.74, 6) is 0.0737. The maximum Gasteiger partial charge on any atom is 0.418 e. The first-order valence-electron chi connectivity index (χ1n) is 7.02. The Balaban J connectivity index is 1.89. The number of para-hydroxylation sites is 1. The number of carbonyl (C=O) groups is 1. The summed E-state index contributed by atoms with van der Waals surface area (Å²) in [6.45, 7) is 1.99. The highest BCUT2D eigenvalue weighted by molar-refractivity contribution is 7.99. The number of thioether (sulfide) groups is 1. The second kappa shape index (κ2) is 7.55. The molecule has 0 aliphatic carbocycles. The van der Waals surface area contributed by atoms with Crippen molar-refractivity contribution < 1.29 is 18.0 Å². The minimum absolute atomic E-state index is 0.144. The van der Waals surface area contributed by atoms with E-state index in [1.807, 2.05) is 31.2 Å². The number of amides is 1. The summed E-state index contributed by atoms with van der Waals surface area (Å²) in [5, 5.41) is 2.34. The van der Waals surface area contributed by atoms with Crippen LogP contribution >= 0.6 is 11.8 Å². The Bertz CT molecular complexity index is 668. The van der Waals surface area contributed by atoms with Gasteiger partial charge in [-0.25, -0.2) is 0 Å². The Morgan fingerprint density at radius 3 is 2.39 bits per heavy atom. The molecule has 1 amide bonds. The SMILES string of the molecule is Cc1ccc(SCCC(=O)Nc2ccccc2C(F)(F)F)cc1. The van der Waals surface area contributed by atoms with Crippen molar-refractivity contribution in [1.29, 1.82) is 0 Å². The number of nitrogens with one attached hydrogen (secondary N) is 1. The van der Waals surface area contributed by atoms with Gasteiger partial charge in [-0.3, -0.25) is 4.79 Å². The molecule has 0 spiro atoms. The van der Waals surface area contributed by atoms with Gasteiger partial charge in [-0.1, -0.05) is 29.8 Å². The van der Waals surface area contributed by atoms with Crippen LogP contribution < -0.4 is 5.32 Å². The van der Waals surface area contributed by atoms with Crippen LogP contribution in [0.1, 0.15) is 17.5 Å². The van der Waals surface area contributed by atoms with Crippen LogP contribution in [0.15, 0.2) is 53.4 Å². The average molecular weight is 339 g/mol. The van der Waals surface area contributed by atoms with Gasteiger partial charge in [0.1, 0.15) is 0 Å². The maximum absolute atomic E-state index is 12.8. The van der Waals surface area contributed by atoms with E-state index < -0.39 is 17.6 Å². The Labute approximate surface area is 137 Å². The maximum atomic E-state index is 12.8. The molecule has 1 N–H and O–H groups in total. The number of anilines is 1. The first kappa shape index (κ1) is 17.4. The number of hydrogen-bond donors (Lipinski definition) is 1. The monoisotopic (exact) mass is 339 g/mol. The molecule has 6 heteroatoms. The van der Waals surface area contributed by atoms with Crippen molar-refractivity contribution in [2.24, 2.45) is 0 Å². The van der Waals surface area contributed by atoms with Crippen LogP contribution in [0.2, 0.25) is 0 Å². The number of halogens is 3. The van der Waals surface area contributed by atoms with Crippen LogP contribution in [-0.4, -0.2) is 11.7 Å². The van der Waals surface area contributed by atoms with E-state index in [1.54, 1.807) is 0 Å². The lowest BCUT2D eigenvalue weighted by Gasteiger charge is -2.13. The number of carbonyl (C=O) groups excluding carboxylic acids is 1. The van der Waals surface area contributed by atoms with Crippen LogP contribution in [0.25, 0.3) is 0 Å². The van der Waals surface area contributed by atoms with Gasteiger partial charge in [-0.15, -0.1) is 11.8 Å². The zero-order valence-corrected chi connectivity index (χ0v) is 13.3. The quantitative estimate of drug-likeness (QED) is 0.765. The molecule has 2 rings (SSSR count). The highest BCUT2D eigenvalue weighted by Gasteiger charge is 2.33. The standard InChI is InChI=1S/C17H16F3NOS/c1-12-6-8-13(9-7-12)23-11-10-16(22)21-15-5-3-2-4-14(15)17(18,19)20/h2-9H,10-11H2,1H3,(H,21,22). The normalized spacial score (nSPS) is 11.3. The molecule has 0 radical (unpaired) electrons. The summed E-state index contributed by atoms with van der Waals surface area (Å²) in [5.41, 5.74) is 0.112. The summed E-state index contributed by atoms with van der Waals surface area (Å²) in [4.78, 5) is 12.9. The fourth-order valence-electron chi connectivity index (χ4n) is 1.95. The molecule has 2 aromatic rings. The zero-order valence-electron chi connectivity index (χ0n) is 12.5. The van der Waals surface area contributed by atoms with E-state index in [4.69, 9.17) is 0 Å². The number of hydrogen-bond acceptors (Lipinski definition) is 2. The Hall–Kier alpha value is -1.95. The van der Waals surface area contributed by atoms with Gasteiger partial charge in [0.05, 0.1) is 11.3 Å². The minimum atomic E-state index is -4.49. The van der Waals surface area contributed by atoms with Gasteiger partial charge >= 0.3 is 6.18 Å². The van der Waals surface area contributed by atoms with E-state index in [2.05, 4.69) is 5.32 Å². The largest absolute Gasteiger partial charge is 0.418 e. The van der Waals surface area contributed by atoms with Gasteiger partial charge in [0, 0.05) is 17.1 Å². The van der Waals surface area contributed by atoms with Crippen molar-refractivity contribution in [3.05, 3.63) is 59.7 Å². The third kappa shape index (κ3) is 5.32. The fraction of sp³-hybridized carbons (Fsp3) is 0.235. The van der Waals surface area contributed by atoms with Crippen molar-refractivity contribution in [2.75, 3.05) is 11.1 Å². The van der Waals surface area contributed by atoms with Crippen LogP contribution in [0.3, 0.4) is 0 Å². The number of alkyl halides is 3.